The summed E-state index contributed by atoms with van der Waals surface area (Å²) in [6.45, 7) is 2.40. The molecule has 2 rings (SSSR count). The van der Waals surface area contributed by atoms with Crippen molar-refractivity contribution in [1.82, 2.24) is 25.3 Å². The lowest BCUT2D eigenvalue weighted by Crippen LogP contribution is -2.46. The number of likely N-dealkylation sites (N-methyl/N-ethyl adjacent to an activating group) is 1. The van der Waals surface area contributed by atoms with Gasteiger partial charge in [0.15, 0.2) is 5.96 Å². The van der Waals surface area contributed by atoms with Crippen LogP contribution in [0.3, 0.4) is 0 Å². The number of amides is 1. The second-order valence-electron chi connectivity index (χ2n) is 7.76. The number of carbonyl (C=O) groups is 1. The summed E-state index contributed by atoms with van der Waals surface area (Å²) in [5, 5.41) is 6.43. The van der Waals surface area contributed by atoms with E-state index >= 15 is 0 Å². The average Bonchev–Trinajstić information content (AvgIpc) is 3.24. The van der Waals surface area contributed by atoms with Crippen LogP contribution in [0.25, 0.3) is 0 Å². The van der Waals surface area contributed by atoms with Crippen molar-refractivity contribution in [3.63, 3.8) is 0 Å². The van der Waals surface area contributed by atoms with Gasteiger partial charge in [-0.05, 0) is 32.2 Å². The number of hydrogen-bond donors (Lipinski definition) is 2. The minimum Gasteiger partial charge on any atom is -0.356 e. The maximum atomic E-state index is 12.5. The third-order valence-corrected chi connectivity index (χ3v) is 5.24. The molecular formula is C18H33F3N6O. The Morgan fingerprint density at radius 1 is 1.25 bits per heavy atom. The van der Waals surface area contributed by atoms with Gasteiger partial charge in [0.25, 0.3) is 0 Å². The number of alkyl halides is 3. The van der Waals surface area contributed by atoms with Crippen LogP contribution in [-0.4, -0.2) is 105 Å². The van der Waals surface area contributed by atoms with Crippen LogP contribution in [0.2, 0.25) is 0 Å². The number of aliphatic imine (C=N–C) groups is 1. The first-order valence-corrected chi connectivity index (χ1v) is 9.91. The second kappa shape index (κ2) is 10.3. The van der Waals surface area contributed by atoms with Crippen LogP contribution >= 0.6 is 0 Å². The van der Waals surface area contributed by atoms with E-state index in [4.69, 9.17) is 0 Å². The average molecular weight is 406 g/mol. The lowest BCUT2D eigenvalue weighted by Gasteiger charge is -2.26. The zero-order valence-corrected chi connectivity index (χ0v) is 17.1. The summed E-state index contributed by atoms with van der Waals surface area (Å²) < 4.78 is 37.5. The molecule has 162 valence electrons. The van der Waals surface area contributed by atoms with E-state index in [0.717, 1.165) is 32.4 Å². The van der Waals surface area contributed by atoms with Gasteiger partial charge in [-0.2, -0.15) is 13.2 Å². The number of rotatable bonds is 7. The van der Waals surface area contributed by atoms with Gasteiger partial charge in [-0.1, -0.05) is 0 Å². The van der Waals surface area contributed by atoms with Crippen molar-refractivity contribution in [3.05, 3.63) is 0 Å². The summed E-state index contributed by atoms with van der Waals surface area (Å²) in [5.41, 5.74) is 0. The molecule has 0 bridgehead atoms. The monoisotopic (exact) mass is 406 g/mol. The van der Waals surface area contributed by atoms with E-state index in [2.05, 4.69) is 20.5 Å². The van der Waals surface area contributed by atoms with Crippen LogP contribution in [0.4, 0.5) is 13.2 Å². The van der Waals surface area contributed by atoms with Crippen molar-refractivity contribution < 1.29 is 18.0 Å². The molecule has 0 aromatic heterocycles. The quantitative estimate of drug-likeness (QED) is 0.371. The Labute approximate surface area is 165 Å². The smallest absolute Gasteiger partial charge is 0.356 e. The number of nitrogens with zero attached hydrogens (tertiary/aromatic N) is 4. The van der Waals surface area contributed by atoms with E-state index in [0.29, 0.717) is 32.0 Å². The highest BCUT2D eigenvalue weighted by Crippen LogP contribution is 2.20. The van der Waals surface area contributed by atoms with Crippen LogP contribution in [0.15, 0.2) is 4.99 Å². The number of nitrogens with one attached hydrogen (secondary N) is 2. The minimum atomic E-state index is -4.16. The number of guanidine groups is 1. The first-order chi connectivity index (χ1) is 13.2. The molecule has 10 heteroatoms. The van der Waals surface area contributed by atoms with Crippen molar-refractivity contribution in [2.75, 3.05) is 60.4 Å². The van der Waals surface area contributed by atoms with E-state index in [1.54, 1.807) is 26.0 Å². The van der Waals surface area contributed by atoms with Crippen LogP contribution in [0, 0.1) is 0 Å². The van der Waals surface area contributed by atoms with Gasteiger partial charge >= 0.3 is 6.18 Å². The molecule has 0 aromatic carbocycles. The lowest BCUT2D eigenvalue weighted by molar-refractivity contribution is -0.143. The standard InChI is InChI=1S/C18H33F3N6O/c1-22-17(24-14-7-11-26(12-14)13-18(19,20)21)23-8-5-10-27-9-4-6-15(27)16(28)25(2)3/h14-15H,4-13H2,1-3H3,(H2,22,23,24). The van der Waals surface area contributed by atoms with Crippen LogP contribution in [0.5, 0.6) is 0 Å². The fourth-order valence-electron chi connectivity index (χ4n) is 3.90. The van der Waals surface area contributed by atoms with Crippen molar-refractivity contribution >= 4 is 11.9 Å². The molecule has 2 atom stereocenters. The molecule has 0 spiro atoms. The first-order valence-electron chi connectivity index (χ1n) is 9.91. The summed E-state index contributed by atoms with van der Waals surface area (Å²) >= 11 is 0. The maximum Gasteiger partial charge on any atom is 0.401 e. The van der Waals surface area contributed by atoms with Crippen molar-refractivity contribution in [2.45, 2.75) is 43.9 Å². The zero-order valence-electron chi connectivity index (χ0n) is 17.1. The molecule has 2 heterocycles. The van der Waals surface area contributed by atoms with Gasteiger partial charge in [0, 0.05) is 53.4 Å². The van der Waals surface area contributed by atoms with Gasteiger partial charge in [0.2, 0.25) is 5.91 Å². The van der Waals surface area contributed by atoms with Crippen LogP contribution < -0.4 is 10.6 Å². The van der Waals surface area contributed by atoms with E-state index in [9.17, 15) is 18.0 Å². The fraction of sp³-hybridized carbons (Fsp3) is 0.889. The molecule has 2 fully saturated rings. The van der Waals surface area contributed by atoms with Crippen molar-refractivity contribution in [3.8, 4) is 0 Å². The van der Waals surface area contributed by atoms with E-state index in [1.165, 1.54) is 4.90 Å². The molecule has 28 heavy (non-hydrogen) atoms. The van der Waals surface area contributed by atoms with Gasteiger partial charge in [0.05, 0.1) is 12.6 Å². The molecule has 2 N–H and O–H groups in total. The summed E-state index contributed by atoms with van der Waals surface area (Å²) in [6, 6.07) is -0.0558. The SMILES string of the molecule is CN=C(NCCCN1CCCC1C(=O)N(C)C)NC1CCN(CC(F)(F)F)C1. The van der Waals surface area contributed by atoms with E-state index in [1.807, 2.05) is 0 Å². The molecule has 2 aliphatic heterocycles. The van der Waals surface area contributed by atoms with Crippen molar-refractivity contribution in [2.24, 2.45) is 4.99 Å². The molecule has 2 saturated heterocycles. The van der Waals surface area contributed by atoms with Crippen LogP contribution in [-0.2, 0) is 4.79 Å². The van der Waals surface area contributed by atoms with Crippen molar-refractivity contribution in [1.29, 1.82) is 0 Å². The lowest BCUT2D eigenvalue weighted by atomic mass is 10.2. The summed E-state index contributed by atoms with van der Waals surface area (Å²) in [7, 11) is 5.23. The van der Waals surface area contributed by atoms with E-state index < -0.39 is 12.7 Å². The molecule has 0 aromatic rings. The number of likely N-dealkylation sites (tertiary alicyclic amines) is 2. The number of hydrogen-bond acceptors (Lipinski definition) is 4. The molecule has 1 amide bonds. The Morgan fingerprint density at radius 2 is 2.00 bits per heavy atom. The summed E-state index contributed by atoms with van der Waals surface area (Å²) in [4.78, 5) is 21.7. The van der Waals surface area contributed by atoms with Gasteiger partial charge in [-0.15, -0.1) is 0 Å². The predicted molar refractivity (Wildman–Crippen MR) is 103 cm³/mol. The molecule has 0 radical (unpaired) electrons. The molecule has 2 unspecified atom stereocenters. The molecule has 7 nitrogen and oxygen atoms in total. The Bertz CT molecular complexity index is 540. The Hall–Kier alpha value is -1.55. The van der Waals surface area contributed by atoms with E-state index in [-0.39, 0.29) is 18.0 Å². The summed E-state index contributed by atoms with van der Waals surface area (Å²) in [5.74, 6) is 0.772. The highest BCUT2D eigenvalue weighted by molar-refractivity contribution is 5.81. The number of halogens is 3. The maximum absolute atomic E-state index is 12.5. The Kier molecular flexibility index (Phi) is 8.36. The van der Waals surface area contributed by atoms with Gasteiger partial charge in [-0.25, -0.2) is 0 Å². The third-order valence-electron chi connectivity index (χ3n) is 5.24. The second-order valence-corrected chi connectivity index (χ2v) is 7.76. The molecule has 2 aliphatic rings. The topological polar surface area (TPSA) is 63.2 Å². The number of carbonyl (C=O) groups excluding carboxylic acids is 1. The molecule has 0 aliphatic carbocycles. The predicted octanol–water partition coefficient (Wildman–Crippen LogP) is 0.731. The largest absolute Gasteiger partial charge is 0.401 e. The highest BCUT2D eigenvalue weighted by Gasteiger charge is 2.34. The molecular weight excluding hydrogens is 373 g/mol. The first kappa shape index (κ1) is 22.7. The third kappa shape index (κ3) is 7.12. The molecule has 0 saturated carbocycles. The minimum absolute atomic E-state index is 0.0226. The Balaban J connectivity index is 1.67. The summed E-state index contributed by atoms with van der Waals surface area (Å²) in [6.07, 6.45) is -0.682. The Morgan fingerprint density at radius 3 is 2.64 bits per heavy atom. The van der Waals surface area contributed by atoms with Gasteiger partial charge in [-0.3, -0.25) is 19.6 Å². The highest BCUT2D eigenvalue weighted by atomic mass is 19.4. The van der Waals surface area contributed by atoms with Crippen LogP contribution in [0.1, 0.15) is 25.7 Å². The van der Waals surface area contributed by atoms with Gasteiger partial charge in [0.1, 0.15) is 0 Å². The van der Waals surface area contributed by atoms with Gasteiger partial charge < -0.3 is 15.5 Å². The zero-order chi connectivity index (χ0) is 20.7. The fourth-order valence-corrected chi connectivity index (χ4v) is 3.90. The normalized spacial score (nSPS) is 24.6.